The number of rotatable bonds is 2. The van der Waals surface area contributed by atoms with Crippen molar-refractivity contribution in [1.29, 1.82) is 0 Å². The fourth-order valence-electron chi connectivity index (χ4n) is 8.82. The van der Waals surface area contributed by atoms with Gasteiger partial charge in [0.25, 0.3) is 0 Å². The molecule has 0 atom stereocenters. The van der Waals surface area contributed by atoms with Gasteiger partial charge in [-0.05, 0) is 87.9 Å². The Morgan fingerprint density at radius 3 is 0.952 bits per heavy atom. The minimum Gasteiger partial charge on any atom is -0.340 e. The van der Waals surface area contributed by atoms with Gasteiger partial charge < -0.3 is 5.32 Å². The van der Waals surface area contributed by atoms with E-state index < -0.39 is 0 Å². The topological polar surface area (TPSA) is 16.6 Å². The van der Waals surface area contributed by atoms with Crippen molar-refractivity contribution < 1.29 is 5.32 Å². The third-order valence-electron chi connectivity index (χ3n) is 9.04. The molecule has 0 saturated heterocycles. The Hall–Kier alpha value is -0.0400. The molecule has 8 aliphatic rings. The molecule has 0 aromatic heterocycles. The van der Waals surface area contributed by atoms with E-state index in [1.54, 1.807) is 64.2 Å². The van der Waals surface area contributed by atoms with Crippen LogP contribution in [0.2, 0.25) is 0 Å². The lowest BCUT2D eigenvalue weighted by molar-refractivity contribution is -0.755. The second kappa shape index (κ2) is 4.28. The lowest BCUT2D eigenvalue weighted by Crippen LogP contribution is -3.01. The third kappa shape index (κ3) is 1.79. The largest absolute Gasteiger partial charge is 0.340 e. The van der Waals surface area contributed by atoms with Crippen LogP contribution in [-0.2, 0) is 0 Å². The van der Waals surface area contributed by atoms with E-state index >= 15 is 0 Å². The molecule has 1 nitrogen and oxygen atoms in total. The zero-order valence-corrected chi connectivity index (χ0v) is 13.4. The SMILES string of the molecule is C1C2CC3CC1CC(C2)C3[NH2+]C1C2CC3CC(C2)CC1C3. The number of quaternary nitrogens is 1. The fraction of sp³-hybridized carbons (Fsp3) is 1.00. The molecule has 0 amide bonds. The van der Waals surface area contributed by atoms with E-state index in [0.29, 0.717) is 0 Å². The molecular weight excluding hydrogens is 254 g/mol. The van der Waals surface area contributed by atoms with Crippen LogP contribution in [0.3, 0.4) is 0 Å². The summed E-state index contributed by atoms with van der Waals surface area (Å²) in [7, 11) is 0. The summed E-state index contributed by atoms with van der Waals surface area (Å²) < 4.78 is 0. The van der Waals surface area contributed by atoms with Crippen LogP contribution < -0.4 is 5.32 Å². The highest BCUT2D eigenvalue weighted by molar-refractivity contribution is 5.01. The average Bonchev–Trinajstić information content (AvgIpc) is 2.43. The number of hydrogen-bond donors (Lipinski definition) is 1. The second-order valence-corrected chi connectivity index (χ2v) is 10.2. The molecule has 0 heterocycles. The molecule has 0 aliphatic heterocycles. The molecule has 0 aromatic rings. The highest BCUT2D eigenvalue weighted by Gasteiger charge is 2.55. The first-order valence-corrected chi connectivity index (χ1v) is 10.2. The lowest BCUT2D eigenvalue weighted by Gasteiger charge is -2.57. The van der Waals surface area contributed by atoms with Gasteiger partial charge in [0.2, 0.25) is 0 Å². The molecular formula is C20H32N+. The second-order valence-electron chi connectivity index (χ2n) is 10.2. The lowest BCUT2D eigenvalue weighted by atomic mass is 9.52. The Bertz CT molecular complexity index is 345. The van der Waals surface area contributed by atoms with E-state index in [2.05, 4.69) is 5.32 Å². The molecule has 8 rings (SSSR count). The maximum atomic E-state index is 3.01. The van der Waals surface area contributed by atoms with Crippen molar-refractivity contribution in [2.75, 3.05) is 0 Å². The van der Waals surface area contributed by atoms with Crippen LogP contribution in [0.25, 0.3) is 0 Å². The third-order valence-corrected chi connectivity index (χ3v) is 9.04. The zero-order valence-electron chi connectivity index (χ0n) is 13.4. The van der Waals surface area contributed by atoms with E-state index in [9.17, 15) is 0 Å². The minimum absolute atomic E-state index is 1.06. The van der Waals surface area contributed by atoms with E-state index in [-0.39, 0.29) is 0 Å². The molecule has 0 unspecified atom stereocenters. The van der Waals surface area contributed by atoms with Crippen molar-refractivity contribution in [2.45, 2.75) is 76.3 Å². The van der Waals surface area contributed by atoms with Gasteiger partial charge in [-0.3, -0.25) is 0 Å². The first-order chi connectivity index (χ1) is 10.3. The Kier molecular flexibility index (Phi) is 2.52. The van der Waals surface area contributed by atoms with Crippen LogP contribution in [0.15, 0.2) is 0 Å². The van der Waals surface area contributed by atoms with Gasteiger partial charge in [0.1, 0.15) is 0 Å². The van der Waals surface area contributed by atoms with Crippen LogP contribution >= 0.6 is 0 Å². The molecule has 8 aliphatic carbocycles. The Morgan fingerprint density at radius 2 is 0.667 bits per heavy atom. The van der Waals surface area contributed by atoms with Gasteiger partial charge in [-0.15, -0.1) is 0 Å². The summed E-state index contributed by atoms with van der Waals surface area (Å²) in [5.41, 5.74) is 0. The normalized spacial score (nSPS) is 63.4. The van der Waals surface area contributed by atoms with Gasteiger partial charge in [-0.25, -0.2) is 0 Å². The van der Waals surface area contributed by atoms with Crippen molar-refractivity contribution >= 4 is 0 Å². The van der Waals surface area contributed by atoms with Crippen molar-refractivity contribution in [3.63, 3.8) is 0 Å². The van der Waals surface area contributed by atoms with Crippen LogP contribution in [0.5, 0.6) is 0 Å². The van der Waals surface area contributed by atoms with Gasteiger partial charge in [0.15, 0.2) is 0 Å². The van der Waals surface area contributed by atoms with Crippen molar-refractivity contribution in [3.8, 4) is 0 Å². The predicted octanol–water partition coefficient (Wildman–Crippen LogP) is 3.20. The van der Waals surface area contributed by atoms with E-state index in [0.717, 1.165) is 59.4 Å². The zero-order chi connectivity index (χ0) is 13.6. The van der Waals surface area contributed by atoms with Crippen molar-refractivity contribution in [3.05, 3.63) is 0 Å². The average molecular weight is 286 g/mol. The minimum atomic E-state index is 1.06. The summed E-state index contributed by atoms with van der Waals surface area (Å²) in [4.78, 5) is 0. The van der Waals surface area contributed by atoms with E-state index in [1.807, 2.05) is 0 Å². The van der Waals surface area contributed by atoms with Crippen LogP contribution in [0.1, 0.15) is 64.2 Å². The Balaban J connectivity index is 1.23. The molecule has 2 N–H and O–H groups in total. The molecule has 0 radical (unpaired) electrons. The highest BCUT2D eigenvalue weighted by atomic mass is 15.0. The summed E-state index contributed by atoms with van der Waals surface area (Å²) in [6.45, 7) is 0. The molecule has 1 heteroatoms. The number of nitrogens with two attached hydrogens (primary N) is 1. The summed E-state index contributed by atoms with van der Waals surface area (Å²) >= 11 is 0. The van der Waals surface area contributed by atoms with Crippen molar-refractivity contribution in [1.82, 2.24) is 0 Å². The molecule has 8 fully saturated rings. The quantitative estimate of drug-likeness (QED) is 0.803. The Labute approximate surface area is 129 Å². The monoisotopic (exact) mass is 286 g/mol. The van der Waals surface area contributed by atoms with Gasteiger partial charge in [-0.2, -0.15) is 0 Å². The molecule has 21 heavy (non-hydrogen) atoms. The van der Waals surface area contributed by atoms with E-state index in [1.165, 1.54) is 0 Å². The molecule has 8 bridgehead atoms. The Morgan fingerprint density at radius 1 is 0.381 bits per heavy atom. The molecule has 116 valence electrons. The maximum absolute atomic E-state index is 3.01. The fourth-order valence-corrected chi connectivity index (χ4v) is 8.82. The predicted molar refractivity (Wildman–Crippen MR) is 83.6 cm³/mol. The van der Waals surface area contributed by atoms with E-state index in [4.69, 9.17) is 0 Å². The summed E-state index contributed by atoms with van der Waals surface area (Å²) in [6.07, 6.45) is 16.1. The summed E-state index contributed by atoms with van der Waals surface area (Å²) in [5, 5.41) is 3.01. The number of hydrogen-bond acceptors (Lipinski definition) is 0. The van der Waals surface area contributed by atoms with Crippen LogP contribution in [0.4, 0.5) is 0 Å². The molecule has 0 spiro atoms. The molecule has 0 aromatic carbocycles. The smallest absolute Gasteiger partial charge is 0.0918 e. The summed E-state index contributed by atoms with van der Waals surface area (Å²) in [5.74, 6) is 9.09. The first kappa shape index (κ1) is 12.4. The van der Waals surface area contributed by atoms with Gasteiger partial charge in [0.05, 0.1) is 12.1 Å². The van der Waals surface area contributed by atoms with Crippen LogP contribution in [-0.4, -0.2) is 12.1 Å². The van der Waals surface area contributed by atoms with Gasteiger partial charge in [0, 0.05) is 23.7 Å². The summed E-state index contributed by atoms with van der Waals surface area (Å²) in [6, 6.07) is 2.11. The standard InChI is InChI=1S/C20H31N/c1-11-3-15-5-12(1)6-16(4-11)19(15)21-20-17-7-13-2-14(9-17)10-18(20)8-13/h11-21H,1-10H2/p+1. The van der Waals surface area contributed by atoms with Gasteiger partial charge >= 0.3 is 0 Å². The van der Waals surface area contributed by atoms with Crippen LogP contribution in [0, 0.1) is 47.3 Å². The first-order valence-electron chi connectivity index (χ1n) is 10.2. The van der Waals surface area contributed by atoms with Crippen molar-refractivity contribution in [2.24, 2.45) is 47.3 Å². The highest BCUT2D eigenvalue weighted by Crippen LogP contribution is 2.55. The van der Waals surface area contributed by atoms with Gasteiger partial charge in [-0.1, -0.05) is 0 Å². The maximum Gasteiger partial charge on any atom is 0.0918 e. The molecule has 8 saturated carbocycles.